The van der Waals surface area contributed by atoms with Crippen molar-refractivity contribution in [3.05, 3.63) is 0 Å². The molecule has 0 amide bonds. The maximum Gasteiger partial charge on any atom is 0.306 e. The Bertz CT molecular complexity index is 263. The van der Waals surface area contributed by atoms with Gasteiger partial charge in [0, 0.05) is 6.54 Å². The fraction of sp³-hybridized carbons (Fsp3) is 0.917. The van der Waals surface area contributed by atoms with Gasteiger partial charge >= 0.3 is 5.97 Å². The van der Waals surface area contributed by atoms with Crippen LogP contribution in [0.2, 0.25) is 0 Å². The largest absolute Gasteiger partial charge is 0.460 e. The van der Waals surface area contributed by atoms with Crippen LogP contribution in [-0.4, -0.2) is 24.7 Å². The minimum absolute atomic E-state index is 0.0394. The van der Waals surface area contributed by atoms with Gasteiger partial charge < -0.3 is 10.1 Å². The molecule has 2 fully saturated rings. The third-order valence-electron chi connectivity index (χ3n) is 3.46. The summed E-state index contributed by atoms with van der Waals surface area (Å²) in [6.07, 6.45) is 3.16. The van der Waals surface area contributed by atoms with Gasteiger partial charge in [-0.1, -0.05) is 0 Å². The highest BCUT2D eigenvalue weighted by Crippen LogP contribution is 2.54. The number of nitrogens with one attached hydrogen (secondary N) is 1. The quantitative estimate of drug-likeness (QED) is 0.707. The highest BCUT2D eigenvalue weighted by molar-refractivity contribution is 5.70. The number of ether oxygens (including phenoxy) is 1. The monoisotopic (exact) mass is 211 g/mol. The Labute approximate surface area is 91.6 Å². The first-order valence-corrected chi connectivity index (χ1v) is 5.84. The molecule has 0 aromatic heterocycles. The lowest BCUT2D eigenvalue weighted by molar-refractivity contribution is -0.156. The smallest absolute Gasteiger partial charge is 0.306 e. The van der Waals surface area contributed by atoms with Crippen molar-refractivity contribution in [2.45, 2.75) is 45.6 Å². The number of carbonyl (C=O) groups is 1. The van der Waals surface area contributed by atoms with Gasteiger partial charge in [0.1, 0.15) is 5.60 Å². The molecule has 0 radical (unpaired) electrons. The number of hydrogen-bond acceptors (Lipinski definition) is 3. The van der Waals surface area contributed by atoms with Crippen molar-refractivity contribution >= 4 is 5.97 Å². The van der Waals surface area contributed by atoms with Crippen LogP contribution in [0.25, 0.3) is 0 Å². The Morgan fingerprint density at radius 1 is 1.47 bits per heavy atom. The molecule has 1 spiro atoms. The molecular formula is C12H21NO2. The summed E-state index contributed by atoms with van der Waals surface area (Å²) in [5.41, 5.74) is 0.108. The van der Waals surface area contributed by atoms with Crippen molar-refractivity contribution in [3.8, 4) is 0 Å². The van der Waals surface area contributed by atoms with Crippen LogP contribution < -0.4 is 5.32 Å². The van der Waals surface area contributed by atoms with Crippen LogP contribution in [0.3, 0.4) is 0 Å². The zero-order valence-electron chi connectivity index (χ0n) is 9.93. The van der Waals surface area contributed by atoms with Gasteiger partial charge in [0.05, 0.1) is 6.42 Å². The zero-order valence-corrected chi connectivity index (χ0v) is 9.93. The lowest BCUT2D eigenvalue weighted by Gasteiger charge is -2.22. The summed E-state index contributed by atoms with van der Waals surface area (Å²) in [5.74, 6) is 0.467. The molecule has 3 heteroatoms. The summed E-state index contributed by atoms with van der Waals surface area (Å²) in [5, 5.41) is 3.39. The Kier molecular flexibility index (Phi) is 2.53. The Morgan fingerprint density at radius 2 is 2.13 bits per heavy atom. The summed E-state index contributed by atoms with van der Waals surface area (Å²) >= 11 is 0. The van der Waals surface area contributed by atoms with Crippen molar-refractivity contribution < 1.29 is 9.53 Å². The molecule has 0 aromatic carbocycles. The molecule has 1 saturated heterocycles. The average Bonchev–Trinajstić information content (AvgIpc) is 2.70. The summed E-state index contributed by atoms with van der Waals surface area (Å²) in [7, 11) is 0. The van der Waals surface area contributed by atoms with Gasteiger partial charge in [0.25, 0.3) is 0 Å². The minimum atomic E-state index is -0.347. The van der Waals surface area contributed by atoms with E-state index in [-0.39, 0.29) is 11.6 Å². The van der Waals surface area contributed by atoms with E-state index in [1.165, 1.54) is 12.8 Å². The van der Waals surface area contributed by atoms with Crippen molar-refractivity contribution in [2.24, 2.45) is 11.3 Å². The summed E-state index contributed by atoms with van der Waals surface area (Å²) in [6.45, 7) is 7.85. The lowest BCUT2D eigenvalue weighted by atomic mass is 9.90. The van der Waals surface area contributed by atoms with E-state index in [1.54, 1.807) is 0 Å². The highest BCUT2D eigenvalue weighted by atomic mass is 16.6. The van der Waals surface area contributed by atoms with Crippen molar-refractivity contribution in [2.75, 3.05) is 13.1 Å². The second-order valence-electron chi connectivity index (χ2n) is 5.98. The van der Waals surface area contributed by atoms with Crippen LogP contribution in [0, 0.1) is 11.3 Å². The second kappa shape index (κ2) is 3.48. The number of carbonyl (C=O) groups excluding carboxylic acids is 1. The molecule has 1 heterocycles. The van der Waals surface area contributed by atoms with Gasteiger partial charge in [-0.15, -0.1) is 0 Å². The van der Waals surface area contributed by atoms with E-state index in [1.807, 2.05) is 20.8 Å². The van der Waals surface area contributed by atoms with Gasteiger partial charge in [-0.2, -0.15) is 0 Å². The van der Waals surface area contributed by atoms with Gasteiger partial charge in [0.2, 0.25) is 0 Å². The predicted octanol–water partition coefficient (Wildman–Crippen LogP) is 1.72. The third-order valence-corrected chi connectivity index (χ3v) is 3.46. The first-order chi connectivity index (χ1) is 6.91. The summed E-state index contributed by atoms with van der Waals surface area (Å²) < 4.78 is 5.35. The highest BCUT2D eigenvalue weighted by Gasteiger charge is 2.52. The van der Waals surface area contributed by atoms with Gasteiger partial charge in [-0.05, 0) is 51.5 Å². The first kappa shape index (κ1) is 10.9. The molecule has 2 aliphatic rings. The van der Waals surface area contributed by atoms with Crippen LogP contribution in [0.4, 0.5) is 0 Å². The van der Waals surface area contributed by atoms with E-state index < -0.39 is 0 Å². The second-order valence-corrected chi connectivity index (χ2v) is 5.98. The molecule has 86 valence electrons. The predicted molar refractivity (Wildman–Crippen MR) is 58.5 cm³/mol. The maximum absolute atomic E-state index is 11.7. The number of hydrogen-bond donors (Lipinski definition) is 1. The molecule has 0 aromatic rings. The number of rotatable bonds is 2. The minimum Gasteiger partial charge on any atom is -0.460 e. The Hall–Kier alpha value is -0.570. The maximum atomic E-state index is 11.7. The molecule has 15 heavy (non-hydrogen) atoms. The average molecular weight is 211 g/mol. The third kappa shape index (κ3) is 2.51. The first-order valence-electron chi connectivity index (χ1n) is 5.84. The lowest BCUT2D eigenvalue weighted by Crippen LogP contribution is -2.27. The van der Waals surface area contributed by atoms with Crippen molar-refractivity contribution in [3.63, 3.8) is 0 Å². The normalized spacial score (nSPS) is 28.1. The standard InChI is InChI=1S/C12H21NO2/c1-11(2,3)15-10(14)6-9-7-13-8-12(9)4-5-12/h9,13H,4-8H2,1-3H3. The molecule has 1 saturated carbocycles. The van der Waals surface area contributed by atoms with Gasteiger partial charge in [-0.25, -0.2) is 0 Å². The SMILES string of the molecule is CC(C)(C)OC(=O)CC1CNCC12CC2. The van der Waals surface area contributed by atoms with E-state index in [0.29, 0.717) is 17.8 Å². The van der Waals surface area contributed by atoms with Crippen LogP contribution in [0.1, 0.15) is 40.0 Å². The molecule has 2 rings (SSSR count). The molecule has 1 aliphatic heterocycles. The van der Waals surface area contributed by atoms with E-state index in [4.69, 9.17) is 4.74 Å². The van der Waals surface area contributed by atoms with E-state index in [9.17, 15) is 4.79 Å². The molecule has 3 nitrogen and oxygen atoms in total. The summed E-state index contributed by atoms with van der Waals surface area (Å²) in [4.78, 5) is 11.7. The molecular weight excluding hydrogens is 190 g/mol. The van der Waals surface area contributed by atoms with Crippen LogP contribution >= 0.6 is 0 Å². The van der Waals surface area contributed by atoms with Crippen LogP contribution in [0.5, 0.6) is 0 Å². The topological polar surface area (TPSA) is 38.3 Å². The molecule has 1 atom stereocenters. The zero-order chi connectivity index (χ0) is 11.1. The summed E-state index contributed by atoms with van der Waals surface area (Å²) in [6, 6.07) is 0. The van der Waals surface area contributed by atoms with Crippen LogP contribution in [-0.2, 0) is 9.53 Å². The Morgan fingerprint density at radius 3 is 2.67 bits per heavy atom. The molecule has 1 unspecified atom stereocenters. The van der Waals surface area contributed by atoms with Crippen molar-refractivity contribution in [1.82, 2.24) is 5.32 Å². The Balaban J connectivity index is 1.84. The fourth-order valence-electron chi connectivity index (χ4n) is 2.47. The van der Waals surface area contributed by atoms with Gasteiger partial charge in [-0.3, -0.25) is 4.79 Å². The van der Waals surface area contributed by atoms with E-state index in [0.717, 1.165) is 13.1 Å². The van der Waals surface area contributed by atoms with Crippen molar-refractivity contribution in [1.29, 1.82) is 0 Å². The molecule has 0 bridgehead atoms. The van der Waals surface area contributed by atoms with E-state index in [2.05, 4.69) is 5.32 Å². The van der Waals surface area contributed by atoms with E-state index >= 15 is 0 Å². The molecule has 1 N–H and O–H groups in total. The molecule has 1 aliphatic carbocycles. The fourth-order valence-corrected chi connectivity index (χ4v) is 2.47. The van der Waals surface area contributed by atoms with Gasteiger partial charge in [0.15, 0.2) is 0 Å². The van der Waals surface area contributed by atoms with Crippen LogP contribution in [0.15, 0.2) is 0 Å². The number of esters is 1.